The molecule has 102 valence electrons. The summed E-state index contributed by atoms with van der Waals surface area (Å²) in [6, 6.07) is 4.29. The van der Waals surface area contributed by atoms with Gasteiger partial charge in [0.05, 0.1) is 27.4 Å². The summed E-state index contributed by atoms with van der Waals surface area (Å²) in [5.41, 5.74) is 7.69. The van der Waals surface area contributed by atoms with Crippen molar-refractivity contribution in [3.8, 4) is 0 Å². The van der Waals surface area contributed by atoms with Gasteiger partial charge in [0, 0.05) is 6.04 Å². The van der Waals surface area contributed by atoms with Crippen molar-refractivity contribution in [1.82, 2.24) is 9.78 Å². The van der Waals surface area contributed by atoms with Gasteiger partial charge in [-0.15, -0.1) is 0 Å². The van der Waals surface area contributed by atoms with Crippen LogP contribution in [0.3, 0.4) is 0 Å². The predicted molar refractivity (Wildman–Crippen MR) is 77.8 cm³/mol. The molecule has 0 aliphatic heterocycles. The zero-order valence-electron chi connectivity index (χ0n) is 10.6. The number of hydrogen-bond acceptors (Lipinski definition) is 2. The largest absolute Gasteiger partial charge is 0.319 e. The number of nitrogens with zero attached hydrogens (tertiary/aromatic N) is 2. The van der Waals surface area contributed by atoms with Gasteiger partial charge < -0.3 is 5.73 Å². The highest BCUT2D eigenvalue weighted by molar-refractivity contribution is 9.10. The number of hydrogen-bond donors (Lipinski definition) is 1. The quantitative estimate of drug-likeness (QED) is 0.910. The first-order valence-corrected chi connectivity index (χ1v) is 7.02. The summed E-state index contributed by atoms with van der Waals surface area (Å²) >= 11 is 9.11. The van der Waals surface area contributed by atoms with E-state index in [0.29, 0.717) is 5.56 Å². The molecule has 0 bridgehead atoms. The van der Waals surface area contributed by atoms with E-state index >= 15 is 0 Å². The van der Waals surface area contributed by atoms with E-state index in [4.69, 9.17) is 17.3 Å². The molecule has 2 aromatic rings. The Bertz CT molecular complexity index is 598. The highest BCUT2D eigenvalue weighted by atomic mass is 79.9. The Morgan fingerprint density at radius 3 is 2.68 bits per heavy atom. The van der Waals surface area contributed by atoms with Crippen LogP contribution < -0.4 is 5.73 Å². The zero-order valence-corrected chi connectivity index (χ0v) is 12.9. The van der Waals surface area contributed by atoms with Crippen LogP contribution in [0.4, 0.5) is 4.39 Å². The van der Waals surface area contributed by atoms with Crippen LogP contribution in [-0.4, -0.2) is 9.78 Å². The number of benzene rings is 1. The van der Waals surface area contributed by atoms with E-state index in [2.05, 4.69) is 21.0 Å². The molecule has 1 atom stereocenters. The van der Waals surface area contributed by atoms with Gasteiger partial charge in [-0.2, -0.15) is 5.10 Å². The average Bonchev–Trinajstić information content (AvgIpc) is 2.74. The maximum Gasteiger partial charge on any atom is 0.142 e. The summed E-state index contributed by atoms with van der Waals surface area (Å²) in [4.78, 5) is 0. The second-order valence-corrected chi connectivity index (χ2v) is 5.83. The molecule has 3 nitrogen and oxygen atoms in total. The molecule has 0 amide bonds. The van der Waals surface area contributed by atoms with Crippen molar-refractivity contribution in [2.75, 3.05) is 0 Å². The lowest BCUT2D eigenvalue weighted by molar-refractivity contribution is 0.498. The standard InChI is InChI=1S/C13H14BrClFN3/c1-7(2)19-13(9(14)6-18-19)12(17)8-3-4-10(15)11(16)5-8/h3-7,12H,17H2,1-2H3. The van der Waals surface area contributed by atoms with Crippen LogP contribution in [0.25, 0.3) is 0 Å². The van der Waals surface area contributed by atoms with Gasteiger partial charge in [-0.1, -0.05) is 17.7 Å². The normalized spacial score (nSPS) is 13.0. The van der Waals surface area contributed by atoms with Gasteiger partial charge >= 0.3 is 0 Å². The van der Waals surface area contributed by atoms with Gasteiger partial charge in [-0.05, 0) is 47.5 Å². The molecule has 0 radical (unpaired) electrons. The summed E-state index contributed by atoms with van der Waals surface area (Å²) in [6.45, 7) is 4.02. The third kappa shape index (κ3) is 2.83. The second kappa shape index (κ2) is 5.61. The van der Waals surface area contributed by atoms with Crippen LogP contribution in [0.5, 0.6) is 0 Å². The van der Waals surface area contributed by atoms with E-state index in [0.717, 1.165) is 10.2 Å². The molecule has 0 fully saturated rings. The fourth-order valence-corrected chi connectivity index (χ4v) is 2.55. The van der Waals surface area contributed by atoms with Crippen molar-refractivity contribution in [3.63, 3.8) is 0 Å². The topological polar surface area (TPSA) is 43.8 Å². The zero-order chi connectivity index (χ0) is 14.2. The third-order valence-electron chi connectivity index (χ3n) is 2.87. The highest BCUT2D eigenvalue weighted by Gasteiger charge is 2.20. The minimum absolute atomic E-state index is 0.0902. The number of halogens is 3. The van der Waals surface area contributed by atoms with Crippen molar-refractivity contribution >= 4 is 27.5 Å². The molecule has 1 heterocycles. The van der Waals surface area contributed by atoms with Gasteiger partial charge in [0.15, 0.2) is 0 Å². The number of aromatic nitrogens is 2. The lowest BCUT2D eigenvalue weighted by Crippen LogP contribution is -2.19. The fraction of sp³-hybridized carbons (Fsp3) is 0.308. The predicted octanol–water partition coefficient (Wildman–Crippen LogP) is 4.07. The Morgan fingerprint density at radius 2 is 2.11 bits per heavy atom. The summed E-state index contributed by atoms with van der Waals surface area (Å²) < 4.78 is 16.1. The highest BCUT2D eigenvalue weighted by Crippen LogP contribution is 2.30. The summed E-state index contributed by atoms with van der Waals surface area (Å²) in [6.07, 6.45) is 1.70. The molecule has 0 saturated carbocycles. The first-order valence-electron chi connectivity index (χ1n) is 5.85. The van der Waals surface area contributed by atoms with Crippen molar-refractivity contribution in [2.45, 2.75) is 25.9 Å². The first-order chi connectivity index (χ1) is 8.91. The molecule has 0 aliphatic carbocycles. The van der Waals surface area contributed by atoms with Crippen molar-refractivity contribution in [2.24, 2.45) is 5.73 Å². The van der Waals surface area contributed by atoms with Crippen LogP contribution in [0.2, 0.25) is 5.02 Å². The molecule has 1 aromatic heterocycles. The number of rotatable bonds is 3. The van der Waals surface area contributed by atoms with E-state index in [1.54, 1.807) is 12.3 Å². The maximum absolute atomic E-state index is 13.5. The molecular formula is C13H14BrClFN3. The van der Waals surface area contributed by atoms with Crippen LogP contribution in [0.1, 0.15) is 37.2 Å². The van der Waals surface area contributed by atoms with Crippen molar-refractivity contribution in [1.29, 1.82) is 0 Å². The van der Waals surface area contributed by atoms with Crippen LogP contribution in [0, 0.1) is 5.82 Å². The minimum atomic E-state index is -0.471. The smallest absolute Gasteiger partial charge is 0.142 e. The molecule has 0 saturated heterocycles. The second-order valence-electron chi connectivity index (χ2n) is 4.57. The Labute approximate surface area is 124 Å². The lowest BCUT2D eigenvalue weighted by Gasteiger charge is -2.18. The van der Waals surface area contributed by atoms with Crippen molar-refractivity contribution in [3.05, 3.63) is 51.0 Å². The van der Waals surface area contributed by atoms with Crippen LogP contribution in [-0.2, 0) is 0 Å². The van der Waals surface area contributed by atoms with Gasteiger partial charge in [0.25, 0.3) is 0 Å². The van der Waals surface area contributed by atoms with Gasteiger partial charge in [0.2, 0.25) is 0 Å². The molecular weight excluding hydrogens is 333 g/mol. The Hall–Kier alpha value is -0.910. The molecule has 0 aliphatic rings. The van der Waals surface area contributed by atoms with Crippen LogP contribution in [0.15, 0.2) is 28.9 Å². The van der Waals surface area contributed by atoms with Gasteiger partial charge in [-0.25, -0.2) is 4.39 Å². The fourth-order valence-electron chi connectivity index (χ4n) is 1.92. The Kier molecular flexibility index (Phi) is 4.28. The molecule has 2 rings (SSSR count). The Morgan fingerprint density at radius 1 is 1.42 bits per heavy atom. The Balaban J connectivity index is 2.46. The average molecular weight is 347 g/mol. The summed E-state index contributed by atoms with van der Waals surface area (Å²) in [5.74, 6) is -0.471. The van der Waals surface area contributed by atoms with E-state index in [1.807, 2.05) is 18.5 Å². The van der Waals surface area contributed by atoms with E-state index in [9.17, 15) is 4.39 Å². The SMILES string of the molecule is CC(C)n1ncc(Br)c1C(N)c1ccc(Cl)c(F)c1. The first kappa shape index (κ1) is 14.5. The molecule has 19 heavy (non-hydrogen) atoms. The maximum atomic E-state index is 13.5. The number of nitrogens with two attached hydrogens (primary N) is 1. The monoisotopic (exact) mass is 345 g/mol. The molecule has 1 unspecified atom stereocenters. The summed E-state index contributed by atoms with van der Waals surface area (Å²) in [5, 5.41) is 4.36. The van der Waals surface area contributed by atoms with Gasteiger partial charge in [0.1, 0.15) is 5.82 Å². The van der Waals surface area contributed by atoms with Gasteiger partial charge in [-0.3, -0.25) is 4.68 Å². The summed E-state index contributed by atoms with van der Waals surface area (Å²) in [7, 11) is 0. The molecule has 2 N–H and O–H groups in total. The van der Waals surface area contributed by atoms with Crippen molar-refractivity contribution < 1.29 is 4.39 Å². The molecule has 0 spiro atoms. The van der Waals surface area contributed by atoms with E-state index < -0.39 is 11.9 Å². The molecule has 1 aromatic carbocycles. The van der Waals surface area contributed by atoms with E-state index in [1.165, 1.54) is 12.1 Å². The third-order valence-corrected chi connectivity index (χ3v) is 3.79. The minimum Gasteiger partial charge on any atom is -0.319 e. The van der Waals surface area contributed by atoms with Crippen LogP contribution >= 0.6 is 27.5 Å². The van der Waals surface area contributed by atoms with E-state index in [-0.39, 0.29) is 11.1 Å². The molecule has 6 heteroatoms. The lowest BCUT2D eigenvalue weighted by atomic mass is 10.0.